The third kappa shape index (κ3) is 4.56. The van der Waals surface area contributed by atoms with E-state index < -0.39 is 18.3 Å². The number of hydrogen-bond acceptors (Lipinski definition) is 3. The highest BCUT2D eigenvalue weighted by atomic mass is 31.2. The second-order valence-corrected chi connectivity index (χ2v) is 11.1. The highest BCUT2D eigenvalue weighted by molar-refractivity contribution is 7.85. The largest absolute Gasteiger partial charge is 0.427 e. The van der Waals surface area contributed by atoms with Crippen LogP contribution in [0.3, 0.4) is 0 Å². The van der Waals surface area contributed by atoms with E-state index in [0.29, 0.717) is 7.48 Å². The molecule has 0 aromatic heterocycles. The van der Waals surface area contributed by atoms with Gasteiger partial charge in [0.05, 0.1) is 11.2 Å². The number of aliphatic hydroxyl groups is 1. The molecule has 0 aliphatic heterocycles. The third-order valence-electron chi connectivity index (χ3n) is 5.61. The van der Waals surface area contributed by atoms with Crippen molar-refractivity contribution in [2.45, 2.75) is 38.9 Å². The van der Waals surface area contributed by atoms with Crippen LogP contribution < -0.4 is 21.4 Å². The molecule has 0 saturated heterocycles. The molecule has 0 aliphatic rings. The van der Waals surface area contributed by atoms with Crippen molar-refractivity contribution in [1.29, 1.82) is 0 Å². The lowest BCUT2D eigenvalue weighted by Crippen LogP contribution is -2.49. The molecule has 0 spiro atoms. The van der Waals surface area contributed by atoms with Crippen molar-refractivity contribution in [1.82, 2.24) is 0 Å². The van der Waals surface area contributed by atoms with Crippen molar-refractivity contribution in [3.63, 3.8) is 0 Å². The van der Waals surface area contributed by atoms with Gasteiger partial charge < -0.3 is 14.3 Å². The molecule has 0 atom stereocenters. The second-order valence-electron chi connectivity index (χ2n) is 8.30. The molecular weight excluding hydrogens is 378 g/mol. The van der Waals surface area contributed by atoms with Crippen LogP contribution in [0.5, 0.6) is 0 Å². The lowest BCUT2D eigenvalue weighted by Gasteiger charge is -2.37. The average Bonchev–Trinajstić information content (AvgIpc) is 2.72. The quantitative estimate of drug-likeness (QED) is 0.485. The first-order valence-electron chi connectivity index (χ1n) is 9.82. The maximum Gasteiger partial charge on any atom is 0.309 e. The van der Waals surface area contributed by atoms with Crippen molar-refractivity contribution in [2.75, 3.05) is 0 Å². The van der Waals surface area contributed by atoms with E-state index in [0.717, 1.165) is 21.4 Å². The van der Waals surface area contributed by atoms with Crippen LogP contribution in [0.1, 0.15) is 27.7 Å². The van der Waals surface area contributed by atoms with Crippen LogP contribution in [0, 0.1) is 0 Å². The van der Waals surface area contributed by atoms with Crippen LogP contribution in [-0.4, -0.2) is 23.8 Å². The van der Waals surface area contributed by atoms with E-state index in [9.17, 15) is 9.67 Å². The lowest BCUT2D eigenvalue weighted by molar-refractivity contribution is -0.0893. The van der Waals surface area contributed by atoms with Crippen molar-refractivity contribution in [3.05, 3.63) is 84.9 Å². The van der Waals surface area contributed by atoms with Crippen molar-refractivity contribution >= 4 is 36.0 Å². The molecule has 0 fully saturated rings. The van der Waals surface area contributed by atoms with E-state index in [1.807, 2.05) is 98.8 Å². The lowest BCUT2D eigenvalue weighted by atomic mass is 9.83. The van der Waals surface area contributed by atoms with Gasteiger partial charge in [0.2, 0.25) is 0 Å². The number of benzene rings is 3. The highest BCUT2D eigenvalue weighted by Crippen LogP contribution is 2.41. The molecule has 0 unspecified atom stereocenters. The van der Waals surface area contributed by atoms with Gasteiger partial charge in [-0.1, -0.05) is 90.4 Å². The summed E-state index contributed by atoms with van der Waals surface area (Å²) in [5.74, 6) is 0. The molecule has 3 rings (SSSR count). The smallest absolute Gasteiger partial charge is 0.309 e. The first kappa shape index (κ1) is 21.6. The van der Waals surface area contributed by atoms with Crippen LogP contribution in [0.2, 0.25) is 0 Å². The molecule has 29 heavy (non-hydrogen) atoms. The van der Waals surface area contributed by atoms with Gasteiger partial charge in [-0.25, -0.2) is 0 Å². The van der Waals surface area contributed by atoms with Gasteiger partial charge in [0.1, 0.15) is 0 Å². The van der Waals surface area contributed by atoms with Gasteiger partial charge in [0, 0.05) is 15.9 Å². The summed E-state index contributed by atoms with van der Waals surface area (Å²) in [4.78, 5) is 0. The summed E-state index contributed by atoms with van der Waals surface area (Å²) in [6.07, 6.45) is 0. The first-order chi connectivity index (χ1) is 13.6. The van der Waals surface area contributed by atoms with Crippen molar-refractivity contribution in [2.24, 2.45) is 0 Å². The summed E-state index contributed by atoms with van der Waals surface area (Å²) in [5, 5.41) is 12.7. The summed E-state index contributed by atoms with van der Waals surface area (Å²) in [7, 11) is -2.58. The van der Waals surface area contributed by atoms with Crippen molar-refractivity contribution in [3.8, 4) is 0 Å². The molecule has 0 aliphatic carbocycles. The predicted molar refractivity (Wildman–Crippen MR) is 124 cm³/mol. The van der Waals surface area contributed by atoms with Gasteiger partial charge >= 0.3 is 7.48 Å². The van der Waals surface area contributed by atoms with Crippen LogP contribution in [0.4, 0.5) is 0 Å². The maximum absolute atomic E-state index is 14.3. The van der Waals surface area contributed by atoms with Gasteiger partial charge in [-0.2, -0.15) is 0 Å². The summed E-state index contributed by atoms with van der Waals surface area (Å²) in [5.41, 5.74) is -0.670. The zero-order chi connectivity index (χ0) is 21.1. The number of rotatable bonds is 7. The Labute approximate surface area is 174 Å². The second kappa shape index (κ2) is 8.32. The molecular formula is C24H28BO3P. The molecule has 5 heteroatoms. The van der Waals surface area contributed by atoms with Crippen LogP contribution in [-0.2, 0) is 9.22 Å². The van der Waals surface area contributed by atoms with E-state index >= 15 is 0 Å². The fraction of sp³-hybridized carbons (Fsp3) is 0.250. The molecule has 0 heterocycles. The molecule has 0 saturated carbocycles. The molecule has 1 N–H and O–H groups in total. The summed E-state index contributed by atoms with van der Waals surface area (Å²) in [6, 6.07) is 27.0. The average molecular weight is 406 g/mol. The van der Waals surface area contributed by atoms with Gasteiger partial charge in [0.15, 0.2) is 7.14 Å². The molecule has 3 nitrogen and oxygen atoms in total. The van der Waals surface area contributed by atoms with E-state index in [2.05, 4.69) is 0 Å². The standard InChI is InChI=1S/C24H28BO3P/c1-23(2,26)24(3,4)28-25-19-15-17-22(18-16-19)29(27,20-11-7-5-8-12-20)21-13-9-6-10-14-21/h5-18,25-26H,1-4H3. The molecule has 3 aromatic rings. The fourth-order valence-corrected chi connectivity index (χ4v) is 5.61. The Hall–Kier alpha value is -2.13. The summed E-state index contributed by atoms with van der Waals surface area (Å²) < 4.78 is 20.3. The Morgan fingerprint density at radius 3 is 1.55 bits per heavy atom. The van der Waals surface area contributed by atoms with E-state index in [1.165, 1.54) is 0 Å². The Balaban J connectivity index is 1.92. The molecule has 0 bridgehead atoms. The fourth-order valence-electron chi connectivity index (χ4n) is 2.97. The Bertz CT molecular complexity index is 935. The third-order valence-corrected chi connectivity index (χ3v) is 8.69. The van der Waals surface area contributed by atoms with Gasteiger partial charge in [-0.3, -0.25) is 0 Å². The summed E-state index contributed by atoms with van der Waals surface area (Å²) in [6.45, 7) is 7.24. The van der Waals surface area contributed by atoms with E-state index in [1.54, 1.807) is 13.8 Å². The van der Waals surface area contributed by atoms with Gasteiger partial charge in [0.25, 0.3) is 0 Å². The van der Waals surface area contributed by atoms with Crippen molar-refractivity contribution < 1.29 is 14.3 Å². The topological polar surface area (TPSA) is 46.5 Å². The zero-order valence-corrected chi connectivity index (χ0v) is 18.4. The molecule has 0 radical (unpaired) electrons. The van der Waals surface area contributed by atoms with E-state index in [4.69, 9.17) is 4.65 Å². The minimum absolute atomic E-state index is 0.373. The minimum atomic E-state index is -2.96. The Kier molecular flexibility index (Phi) is 6.19. The molecule has 150 valence electrons. The predicted octanol–water partition coefficient (Wildman–Crippen LogP) is 2.87. The monoisotopic (exact) mass is 406 g/mol. The first-order valence-corrected chi connectivity index (χ1v) is 11.5. The maximum atomic E-state index is 14.3. The van der Waals surface area contributed by atoms with Gasteiger partial charge in [-0.15, -0.1) is 0 Å². The molecule has 0 amide bonds. The van der Waals surface area contributed by atoms with Crippen LogP contribution in [0.25, 0.3) is 0 Å². The number of hydrogen-bond donors (Lipinski definition) is 1. The minimum Gasteiger partial charge on any atom is -0.427 e. The van der Waals surface area contributed by atoms with Gasteiger partial charge in [-0.05, 0) is 27.7 Å². The Morgan fingerprint density at radius 1 is 0.724 bits per heavy atom. The van der Waals surface area contributed by atoms with Crippen LogP contribution in [0.15, 0.2) is 84.9 Å². The zero-order valence-electron chi connectivity index (χ0n) is 17.5. The Morgan fingerprint density at radius 2 is 1.14 bits per heavy atom. The summed E-state index contributed by atoms with van der Waals surface area (Å²) >= 11 is 0. The van der Waals surface area contributed by atoms with Crippen LogP contribution >= 0.6 is 7.14 Å². The molecule has 3 aromatic carbocycles. The van der Waals surface area contributed by atoms with E-state index in [-0.39, 0.29) is 0 Å². The highest BCUT2D eigenvalue weighted by Gasteiger charge is 2.35. The SMILES string of the molecule is CC(C)(O)C(C)(C)OBc1ccc(P(=O)(c2ccccc2)c2ccccc2)cc1. The normalized spacial score (nSPS) is 12.6.